The van der Waals surface area contributed by atoms with Crippen molar-refractivity contribution >= 4 is 18.7 Å². The molecular weight excluding hydrogens is 296 g/mol. The Morgan fingerprint density at radius 3 is 1.71 bits per heavy atom. The predicted octanol–water partition coefficient (Wildman–Crippen LogP) is 3.68. The quantitative estimate of drug-likeness (QED) is 0.296. The minimum atomic E-state index is -5.16. The van der Waals surface area contributed by atoms with Gasteiger partial charge >= 0.3 is 0 Å². The molecule has 0 spiro atoms. The van der Waals surface area contributed by atoms with Crippen molar-refractivity contribution in [3.8, 4) is 0 Å². The molecule has 0 heterocycles. The molecule has 0 radical (unpaired) electrons. The van der Waals surface area contributed by atoms with Gasteiger partial charge in [-0.2, -0.15) is 0 Å². The zero-order chi connectivity index (χ0) is 13.6. The molecule has 0 amide bonds. The monoisotopic (exact) mass is 306 g/mol. The topological polar surface area (TPSA) is 26.3 Å². The van der Waals surface area contributed by atoms with Gasteiger partial charge in [0.2, 0.25) is 11.8 Å². The molecule has 0 aliphatic rings. The van der Waals surface area contributed by atoms with Crippen LogP contribution in [0.4, 0.5) is 26.3 Å². The van der Waals surface area contributed by atoms with E-state index in [0.29, 0.717) is 0 Å². The van der Waals surface area contributed by atoms with E-state index in [9.17, 15) is 30.9 Å². The molecule has 10 heteroatoms. The summed E-state index contributed by atoms with van der Waals surface area (Å²) in [6, 6.07) is 0. The van der Waals surface area contributed by atoms with E-state index in [1.807, 2.05) is 0 Å². The van der Waals surface area contributed by atoms with Crippen LogP contribution in [0.25, 0.3) is 0 Å². The Morgan fingerprint density at radius 1 is 1.00 bits per heavy atom. The fourth-order valence-electron chi connectivity index (χ4n) is 0.922. The third-order valence-electron chi connectivity index (χ3n) is 1.77. The second-order valence-electron chi connectivity index (χ2n) is 2.99. The van der Waals surface area contributed by atoms with Crippen LogP contribution in [-0.2, 0) is 9.30 Å². The van der Waals surface area contributed by atoms with Crippen LogP contribution in [0.2, 0.25) is 0 Å². The summed E-state index contributed by atoms with van der Waals surface area (Å²) in [5.41, 5.74) is 0. The smallest absolute Gasteiger partial charge is 0.276 e. The van der Waals surface area contributed by atoms with E-state index in [-0.39, 0.29) is 12.5 Å². The van der Waals surface area contributed by atoms with Crippen molar-refractivity contribution in [2.75, 3.05) is 18.8 Å². The number of rotatable bonds is 8. The second-order valence-corrected chi connectivity index (χ2v) is 6.33. The molecule has 0 fully saturated rings. The molecule has 0 N–H and O–H groups in total. The van der Waals surface area contributed by atoms with E-state index in [1.54, 1.807) is 0 Å². The lowest BCUT2D eigenvalue weighted by molar-refractivity contribution is 0.0625. The van der Waals surface area contributed by atoms with Crippen molar-refractivity contribution in [3.63, 3.8) is 0 Å². The van der Waals surface area contributed by atoms with E-state index in [2.05, 4.69) is 4.74 Å². The fourth-order valence-corrected chi connectivity index (χ4v) is 2.77. The van der Waals surface area contributed by atoms with Gasteiger partial charge in [0.1, 0.15) is 6.35 Å². The zero-order valence-electron chi connectivity index (χ0n) is 8.34. The van der Waals surface area contributed by atoms with E-state index >= 15 is 0 Å². The molecular formula is C7H10ClF6O2P. The summed E-state index contributed by atoms with van der Waals surface area (Å²) in [5, 5.41) is 0. The summed E-state index contributed by atoms with van der Waals surface area (Å²) in [7, 11) is -5.16. The summed E-state index contributed by atoms with van der Waals surface area (Å²) < 4.78 is 89.7. The standard InChI is InChI=1S/C7H10ClF6O2P/c8-1-2-16-3-17(15,6(13)4(9)10)7(14)5(11)12/h4-7H,1-3H2. The van der Waals surface area contributed by atoms with Crippen LogP contribution in [0.15, 0.2) is 0 Å². The molecule has 0 aliphatic carbocycles. The molecule has 2 unspecified atom stereocenters. The Labute approximate surface area is 98.6 Å². The van der Waals surface area contributed by atoms with Gasteiger partial charge < -0.3 is 9.30 Å². The number of halogens is 7. The summed E-state index contributed by atoms with van der Waals surface area (Å²) in [6.07, 6.45) is -8.98. The maximum Gasteiger partial charge on any atom is 0.276 e. The number of hydrogen-bond acceptors (Lipinski definition) is 2. The zero-order valence-corrected chi connectivity index (χ0v) is 9.99. The molecule has 0 aromatic carbocycles. The van der Waals surface area contributed by atoms with Crippen molar-refractivity contribution < 1.29 is 35.6 Å². The van der Waals surface area contributed by atoms with Crippen LogP contribution in [-0.4, -0.2) is 43.5 Å². The van der Waals surface area contributed by atoms with Gasteiger partial charge in [-0.25, -0.2) is 26.3 Å². The van der Waals surface area contributed by atoms with Crippen LogP contribution in [0.1, 0.15) is 0 Å². The highest BCUT2D eigenvalue weighted by Gasteiger charge is 2.50. The molecule has 0 saturated carbocycles. The largest absolute Gasteiger partial charge is 0.372 e. The normalized spacial score (nSPS) is 19.4. The number of hydrogen-bond donors (Lipinski definition) is 0. The van der Waals surface area contributed by atoms with Gasteiger partial charge in [0, 0.05) is 5.88 Å². The molecule has 0 saturated heterocycles. The van der Waals surface area contributed by atoms with Crippen LogP contribution in [0.5, 0.6) is 0 Å². The third-order valence-corrected chi connectivity index (χ3v) is 4.63. The first-order chi connectivity index (χ1) is 7.77. The Hall–Kier alpha value is 0.0600. The van der Waals surface area contributed by atoms with Crippen LogP contribution in [0.3, 0.4) is 0 Å². The summed E-state index contributed by atoms with van der Waals surface area (Å²) >= 11 is 5.12. The van der Waals surface area contributed by atoms with Gasteiger partial charge in [0.05, 0.1) is 6.61 Å². The molecule has 0 bridgehead atoms. The first-order valence-electron chi connectivity index (χ1n) is 4.34. The molecule has 2 nitrogen and oxygen atoms in total. The summed E-state index contributed by atoms with van der Waals surface area (Å²) in [6.45, 7) is -0.336. The number of ether oxygens (including phenoxy) is 1. The average molecular weight is 307 g/mol. The second kappa shape index (κ2) is 7.48. The molecule has 0 aromatic rings. The van der Waals surface area contributed by atoms with Gasteiger partial charge in [-0.05, 0) is 0 Å². The van der Waals surface area contributed by atoms with Gasteiger partial charge in [-0.1, -0.05) is 0 Å². The first-order valence-corrected chi connectivity index (χ1v) is 6.90. The van der Waals surface area contributed by atoms with Gasteiger partial charge in [0.15, 0.2) is 7.14 Å². The van der Waals surface area contributed by atoms with E-state index in [1.165, 1.54) is 0 Å². The van der Waals surface area contributed by atoms with Crippen LogP contribution < -0.4 is 0 Å². The first kappa shape index (κ1) is 17.1. The Kier molecular flexibility index (Phi) is 7.51. The summed E-state index contributed by atoms with van der Waals surface area (Å²) in [4.78, 5) is 0. The minimum absolute atomic E-state index is 0.155. The van der Waals surface area contributed by atoms with E-state index in [4.69, 9.17) is 11.6 Å². The maximum atomic E-state index is 12.9. The predicted molar refractivity (Wildman–Crippen MR) is 50.9 cm³/mol. The van der Waals surface area contributed by atoms with Gasteiger partial charge in [-0.15, -0.1) is 11.6 Å². The molecule has 0 rings (SSSR count). The Morgan fingerprint density at radius 2 is 1.41 bits per heavy atom. The van der Waals surface area contributed by atoms with Crippen molar-refractivity contribution in [3.05, 3.63) is 0 Å². The molecule has 0 aromatic heterocycles. The lowest BCUT2D eigenvalue weighted by Crippen LogP contribution is -2.26. The minimum Gasteiger partial charge on any atom is -0.372 e. The molecule has 104 valence electrons. The Bertz CT molecular complexity index is 249. The SMILES string of the molecule is O=P(COCCCl)(C(F)C(F)F)C(F)C(F)F. The highest BCUT2D eigenvalue weighted by atomic mass is 35.5. The van der Waals surface area contributed by atoms with E-state index in [0.717, 1.165) is 0 Å². The maximum absolute atomic E-state index is 12.9. The fraction of sp³-hybridized carbons (Fsp3) is 1.00. The van der Waals surface area contributed by atoms with Crippen LogP contribution >= 0.6 is 18.7 Å². The average Bonchev–Trinajstić information content (AvgIpc) is 2.26. The van der Waals surface area contributed by atoms with Crippen molar-refractivity contribution in [2.24, 2.45) is 0 Å². The van der Waals surface area contributed by atoms with Crippen molar-refractivity contribution in [1.82, 2.24) is 0 Å². The van der Waals surface area contributed by atoms with Gasteiger partial charge in [-0.3, -0.25) is 0 Å². The molecule has 17 heavy (non-hydrogen) atoms. The third kappa shape index (κ3) is 4.67. The Balaban J connectivity index is 4.87. The number of alkyl halides is 7. The van der Waals surface area contributed by atoms with Crippen LogP contribution in [0, 0.1) is 0 Å². The summed E-state index contributed by atoms with van der Waals surface area (Å²) in [5.74, 6) is -7.12. The molecule has 0 aliphatic heterocycles. The lowest BCUT2D eigenvalue weighted by Gasteiger charge is -2.24. The highest BCUT2D eigenvalue weighted by Crippen LogP contribution is 2.59. The van der Waals surface area contributed by atoms with Crippen molar-refractivity contribution in [2.45, 2.75) is 24.7 Å². The van der Waals surface area contributed by atoms with Gasteiger partial charge in [0.25, 0.3) is 12.9 Å². The lowest BCUT2D eigenvalue weighted by atomic mass is 10.8. The van der Waals surface area contributed by atoms with Crippen molar-refractivity contribution in [1.29, 1.82) is 0 Å². The molecule has 2 atom stereocenters. The highest BCUT2D eigenvalue weighted by molar-refractivity contribution is 7.64. The van der Waals surface area contributed by atoms with E-state index < -0.39 is 38.2 Å².